The van der Waals surface area contributed by atoms with E-state index in [0.717, 1.165) is 11.1 Å². The molecule has 0 spiro atoms. The molecule has 5 nitrogen and oxygen atoms in total. The molecule has 1 aliphatic rings. The number of hydrogen-bond donors (Lipinski definition) is 0. The summed E-state index contributed by atoms with van der Waals surface area (Å²) in [7, 11) is 1.34. The van der Waals surface area contributed by atoms with Crippen molar-refractivity contribution in [3.8, 4) is 0 Å². The van der Waals surface area contributed by atoms with Gasteiger partial charge in [-0.1, -0.05) is 79.8 Å². The van der Waals surface area contributed by atoms with Crippen molar-refractivity contribution < 1.29 is 9.53 Å². The number of ether oxygens (including phenoxy) is 1. The lowest BCUT2D eigenvalue weighted by Gasteiger charge is -2.24. The van der Waals surface area contributed by atoms with Gasteiger partial charge in [-0.25, -0.2) is 9.79 Å². The van der Waals surface area contributed by atoms with Crippen LogP contribution in [0.5, 0.6) is 0 Å². The van der Waals surface area contributed by atoms with E-state index in [0.29, 0.717) is 26.5 Å². The number of benzene rings is 2. The molecule has 0 fully saturated rings. The van der Waals surface area contributed by atoms with Crippen LogP contribution >= 0.6 is 11.3 Å². The second kappa shape index (κ2) is 8.47. The quantitative estimate of drug-likeness (QED) is 0.593. The van der Waals surface area contributed by atoms with E-state index in [-0.39, 0.29) is 5.56 Å². The topological polar surface area (TPSA) is 60.7 Å². The smallest absolute Gasteiger partial charge is 0.338 e. The Hall–Kier alpha value is -3.25. The summed E-state index contributed by atoms with van der Waals surface area (Å²) in [5.74, 6) is -0.0291. The Bertz CT molecular complexity index is 1330. The normalized spacial score (nSPS) is 16.3. The summed E-state index contributed by atoms with van der Waals surface area (Å²) in [6.45, 7) is 6.08. The number of nitrogens with zero attached hydrogens (tertiary/aromatic N) is 2. The Morgan fingerprint density at radius 2 is 1.81 bits per heavy atom. The first-order chi connectivity index (χ1) is 14.9. The summed E-state index contributed by atoms with van der Waals surface area (Å²) in [6.07, 6.45) is 1.88. The van der Waals surface area contributed by atoms with Crippen LogP contribution in [0.4, 0.5) is 0 Å². The highest BCUT2D eigenvalue weighted by molar-refractivity contribution is 7.07. The molecule has 0 amide bonds. The molecule has 0 saturated heterocycles. The van der Waals surface area contributed by atoms with E-state index in [1.165, 1.54) is 24.0 Å². The Labute approximate surface area is 184 Å². The van der Waals surface area contributed by atoms with Crippen molar-refractivity contribution in [2.24, 2.45) is 4.99 Å². The zero-order valence-electron chi connectivity index (χ0n) is 18.0. The first-order valence-electron chi connectivity index (χ1n) is 10.2. The van der Waals surface area contributed by atoms with Gasteiger partial charge in [-0.05, 0) is 35.6 Å². The van der Waals surface area contributed by atoms with Gasteiger partial charge in [-0.15, -0.1) is 0 Å². The van der Waals surface area contributed by atoms with Crippen molar-refractivity contribution in [2.75, 3.05) is 7.11 Å². The average Bonchev–Trinajstić information content (AvgIpc) is 3.07. The summed E-state index contributed by atoms with van der Waals surface area (Å²) < 4.78 is 7.21. The maximum absolute atomic E-state index is 13.4. The van der Waals surface area contributed by atoms with E-state index in [9.17, 15) is 9.59 Å². The predicted octanol–water partition coefficient (Wildman–Crippen LogP) is 3.53. The van der Waals surface area contributed by atoms with Gasteiger partial charge >= 0.3 is 5.97 Å². The Kier molecular flexibility index (Phi) is 5.74. The zero-order chi connectivity index (χ0) is 22.1. The molecule has 0 aliphatic carbocycles. The molecule has 0 bridgehead atoms. The minimum atomic E-state index is -0.574. The predicted molar refractivity (Wildman–Crippen MR) is 123 cm³/mol. The first kappa shape index (κ1) is 21.0. The summed E-state index contributed by atoms with van der Waals surface area (Å²) in [4.78, 5) is 31.2. The van der Waals surface area contributed by atoms with Crippen molar-refractivity contribution in [3.63, 3.8) is 0 Å². The van der Waals surface area contributed by atoms with Crippen molar-refractivity contribution in [3.05, 3.63) is 102 Å². The third-order valence-electron chi connectivity index (χ3n) is 5.44. The highest BCUT2D eigenvalue weighted by Gasteiger charge is 2.32. The summed E-state index contributed by atoms with van der Waals surface area (Å²) in [5, 5.41) is 0. The van der Waals surface area contributed by atoms with Gasteiger partial charge in [-0.3, -0.25) is 9.36 Å². The van der Waals surface area contributed by atoms with E-state index in [4.69, 9.17) is 4.74 Å². The van der Waals surface area contributed by atoms with Gasteiger partial charge in [0, 0.05) is 0 Å². The first-order valence-corrected chi connectivity index (χ1v) is 11.0. The lowest BCUT2D eigenvalue weighted by molar-refractivity contribution is -0.136. The molecule has 0 radical (unpaired) electrons. The summed E-state index contributed by atoms with van der Waals surface area (Å²) in [6, 6.07) is 17.2. The molecule has 0 saturated carbocycles. The Morgan fingerprint density at radius 3 is 2.42 bits per heavy atom. The number of fused-ring (bicyclic) bond motifs is 1. The molecule has 2 aromatic carbocycles. The summed E-state index contributed by atoms with van der Waals surface area (Å²) in [5.41, 5.74) is 3.82. The van der Waals surface area contributed by atoms with Crippen LogP contribution in [-0.2, 0) is 9.53 Å². The number of esters is 1. The number of allylic oxidation sites excluding steroid dienone is 1. The molecule has 2 heterocycles. The monoisotopic (exact) mass is 432 g/mol. The fourth-order valence-corrected chi connectivity index (χ4v) is 4.82. The molecule has 0 N–H and O–H groups in total. The van der Waals surface area contributed by atoms with Gasteiger partial charge in [-0.2, -0.15) is 0 Å². The highest BCUT2D eigenvalue weighted by atomic mass is 32.1. The minimum Gasteiger partial charge on any atom is -0.466 e. The molecule has 4 rings (SSSR count). The second-order valence-electron chi connectivity index (χ2n) is 7.81. The third kappa shape index (κ3) is 3.91. The van der Waals surface area contributed by atoms with Crippen LogP contribution in [0.2, 0.25) is 0 Å². The van der Waals surface area contributed by atoms with Crippen LogP contribution in [-0.4, -0.2) is 17.6 Å². The Morgan fingerprint density at radius 1 is 1.13 bits per heavy atom. The zero-order valence-corrected chi connectivity index (χ0v) is 18.8. The van der Waals surface area contributed by atoms with Gasteiger partial charge in [0.05, 0.1) is 29.0 Å². The number of hydrogen-bond acceptors (Lipinski definition) is 5. The lowest BCUT2D eigenvalue weighted by atomic mass is 9.96. The van der Waals surface area contributed by atoms with Crippen molar-refractivity contribution >= 4 is 23.4 Å². The molecule has 6 heteroatoms. The van der Waals surface area contributed by atoms with Crippen LogP contribution in [0.15, 0.2) is 75.7 Å². The number of carbonyl (C=O) groups excluding carboxylic acids is 1. The highest BCUT2D eigenvalue weighted by Crippen LogP contribution is 2.30. The molecule has 1 aliphatic heterocycles. The van der Waals surface area contributed by atoms with Gasteiger partial charge in [0.1, 0.15) is 0 Å². The molecule has 1 atom stereocenters. The molecule has 158 valence electrons. The number of aromatic nitrogens is 1. The fraction of sp³-hybridized carbons (Fsp3) is 0.240. The molecule has 1 aromatic heterocycles. The molecule has 1 unspecified atom stereocenters. The minimum absolute atomic E-state index is 0.167. The number of rotatable bonds is 4. The van der Waals surface area contributed by atoms with E-state index in [1.54, 1.807) is 11.5 Å². The van der Waals surface area contributed by atoms with E-state index < -0.39 is 12.0 Å². The fourth-order valence-electron chi connectivity index (χ4n) is 3.77. The van der Waals surface area contributed by atoms with Crippen LogP contribution in [0.25, 0.3) is 6.08 Å². The van der Waals surface area contributed by atoms with Crippen molar-refractivity contribution in [1.29, 1.82) is 0 Å². The van der Waals surface area contributed by atoms with Gasteiger partial charge < -0.3 is 4.74 Å². The van der Waals surface area contributed by atoms with Gasteiger partial charge in [0.15, 0.2) is 4.80 Å². The average molecular weight is 433 g/mol. The second-order valence-corrected chi connectivity index (χ2v) is 8.81. The largest absolute Gasteiger partial charge is 0.466 e. The SMILES string of the molecule is COC(=O)C1=C(C)N=c2s/c(=C/c3ccc(C(C)C)cc3)c(=O)n2C1c1ccccc1. The third-order valence-corrected chi connectivity index (χ3v) is 6.43. The molecule has 3 aromatic rings. The van der Waals surface area contributed by atoms with Crippen LogP contribution in [0.1, 0.15) is 49.4 Å². The maximum Gasteiger partial charge on any atom is 0.338 e. The lowest BCUT2D eigenvalue weighted by Crippen LogP contribution is -2.39. The molecular formula is C25H24N2O3S. The van der Waals surface area contributed by atoms with Gasteiger partial charge in [0.25, 0.3) is 5.56 Å². The van der Waals surface area contributed by atoms with Crippen LogP contribution in [0, 0.1) is 0 Å². The molecule has 31 heavy (non-hydrogen) atoms. The number of methoxy groups -OCH3 is 1. The van der Waals surface area contributed by atoms with E-state index >= 15 is 0 Å². The van der Waals surface area contributed by atoms with Gasteiger partial charge in [0.2, 0.25) is 0 Å². The van der Waals surface area contributed by atoms with Crippen LogP contribution < -0.4 is 14.9 Å². The van der Waals surface area contributed by atoms with Crippen molar-refractivity contribution in [2.45, 2.75) is 32.7 Å². The van der Waals surface area contributed by atoms with Crippen molar-refractivity contribution in [1.82, 2.24) is 4.57 Å². The van der Waals surface area contributed by atoms with E-state index in [2.05, 4.69) is 31.0 Å². The number of carbonyl (C=O) groups is 1. The van der Waals surface area contributed by atoms with E-state index in [1.807, 2.05) is 48.5 Å². The molecular weight excluding hydrogens is 408 g/mol. The maximum atomic E-state index is 13.4. The van der Waals surface area contributed by atoms with Crippen LogP contribution in [0.3, 0.4) is 0 Å². The Balaban J connectivity index is 1.91. The number of thiazole rings is 1. The standard InChI is InChI=1S/C25H24N2O3S/c1-15(2)18-12-10-17(11-13-18)14-20-23(28)27-22(19-8-6-5-7-9-19)21(24(29)30-4)16(3)26-25(27)31-20/h5-15,22H,1-4H3/b20-14+. The summed E-state index contributed by atoms with van der Waals surface area (Å²) >= 11 is 1.33.